The normalized spacial score (nSPS) is 19.1. The number of carboxylic acids is 1. The number of nitrogens with zero attached hydrogens (tertiary/aromatic N) is 1. The number of hydrogen-bond acceptors (Lipinski definition) is 4. The lowest BCUT2D eigenvalue weighted by molar-refractivity contribution is 0.0692. The molecular weight excluding hydrogens is 390 g/mol. The van der Waals surface area contributed by atoms with E-state index in [0.717, 1.165) is 18.5 Å². The fourth-order valence-corrected chi connectivity index (χ4v) is 4.71. The van der Waals surface area contributed by atoms with E-state index >= 15 is 0 Å². The van der Waals surface area contributed by atoms with Crippen molar-refractivity contribution in [3.8, 4) is 0 Å². The summed E-state index contributed by atoms with van der Waals surface area (Å²) in [7, 11) is 0. The summed E-state index contributed by atoms with van der Waals surface area (Å²) in [6.45, 7) is 7.55. The van der Waals surface area contributed by atoms with Crippen LogP contribution in [0, 0.1) is 11.3 Å². The van der Waals surface area contributed by atoms with E-state index < -0.39 is 5.97 Å². The summed E-state index contributed by atoms with van der Waals surface area (Å²) in [6, 6.07) is 14.0. The molecule has 5 heteroatoms. The molecule has 2 aromatic rings. The second kappa shape index (κ2) is 9.65. The molecule has 0 amide bonds. The number of carbonyl (C=O) groups excluding carboxylic acids is 1. The molecule has 0 heterocycles. The van der Waals surface area contributed by atoms with Crippen molar-refractivity contribution in [2.24, 2.45) is 11.3 Å². The average Bonchev–Trinajstić information content (AvgIpc) is 2.76. The molecule has 0 unspecified atom stereocenters. The van der Waals surface area contributed by atoms with Crippen molar-refractivity contribution in [1.82, 2.24) is 0 Å². The summed E-state index contributed by atoms with van der Waals surface area (Å²) in [6.07, 6.45) is 4.54. The van der Waals surface area contributed by atoms with E-state index in [1.54, 1.807) is 30.3 Å². The molecule has 2 N–H and O–H groups in total. The molecule has 0 saturated heterocycles. The Bertz CT molecular complexity index is 906. The summed E-state index contributed by atoms with van der Waals surface area (Å²) in [5.41, 5.74) is 1.96. The summed E-state index contributed by atoms with van der Waals surface area (Å²) < 4.78 is 0. The molecule has 1 aliphatic carbocycles. The molecule has 5 nitrogen and oxygen atoms in total. The lowest BCUT2D eigenvalue weighted by atomic mass is 9.71. The standard InChI is InChI=1S/C26H33NO4/c1-26(2,3)19-10-14-21(15-11-19)27(16-17-28)20-12-8-18(9-13-20)24(29)22-6-4-5-7-23(22)25(30)31/h4-9,12-13,19,21,28H,10-11,14-17H2,1-3H3,(H,30,31). The first kappa shape index (κ1) is 23.0. The molecule has 1 aliphatic rings. The average molecular weight is 424 g/mol. The third-order valence-corrected chi connectivity index (χ3v) is 6.57. The lowest BCUT2D eigenvalue weighted by Crippen LogP contribution is -2.41. The number of benzene rings is 2. The van der Waals surface area contributed by atoms with Crippen molar-refractivity contribution in [2.45, 2.75) is 52.5 Å². The van der Waals surface area contributed by atoms with E-state index in [1.165, 1.54) is 18.9 Å². The Morgan fingerprint density at radius 1 is 0.935 bits per heavy atom. The molecule has 0 aliphatic heterocycles. The van der Waals surface area contributed by atoms with Crippen molar-refractivity contribution in [2.75, 3.05) is 18.1 Å². The second-order valence-electron chi connectivity index (χ2n) is 9.52. The van der Waals surface area contributed by atoms with Gasteiger partial charge >= 0.3 is 5.97 Å². The number of aromatic carboxylic acids is 1. The highest BCUT2D eigenvalue weighted by atomic mass is 16.4. The largest absolute Gasteiger partial charge is 0.478 e. The minimum atomic E-state index is -1.11. The Morgan fingerprint density at radius 3 is 2.03 bits per heavy atom. The smallest absolute Gasteiger partial charge is 0.336 e. The highest BCUT2D eigenvalue weighted by molar-refractivity contribution is 6.14. The van der Waals surface area contributed by atoms with Crippen molar-refractivity contribution in [3.63, 3.8) is 0 Å². The van der Waals surface area contributed by atoms with Crippen LogP contribution in [0.3, 0.4) is 0 Å². The van der Waals surface area contributed by atoms with Crippen LogP contribution >= 0.6 is 0 Å². The Labute approximate surface area is 184 Å². The molecule has 2 aromatic carbocycles. The quantitative estimate of drug-likeness (QED) is 0.612. The highest BCUT2D eigenvalue weighted by Crippen LogP contribution is 2.39. The van der Waals surface area contributed by atoms with Gasteiger partial charge in [-0.25, -0.2) is 4.79 Å². The van der Waals surface area contributed by atoms with Crippen LogP contribution in [-0.4, -0.2) is 41.2 Å². The minimum absolute atomic E-state index is 0.00842. The van der Waals surface area contributed by atoms with Crippen LogP contribution in [0.4, 0.5) is 5.69 Å². The van der Waals surface area contributed by atoms with Gasteiger partial charge in [-0.2, -0.15) is 0 Å². The van der Waals surface area contributed by atoms with Crippen LogP contribution in [0.1, 0.15) is 72.7 Å². The van der Waals surface area contributed by atoms with Crippen LogP contribution in [0.2, 0.25) is 0 Å². The van der Waals surface area contributed by atoms with Crippen LogP contribution in [0.5, 0.6) is 0 Å². The number of aliphatic hydroxyl groups is 1. The van der Waals surface area contributed by atoms with Gasteiger partial charge in [-0.05, 0) is 67.3 Å². The van der Waals surface area contributed by atoms with Crippen LogP contribution in [0.25, 0.3) is 0 Å². The first-order valence-corrected chi connectivity index (χ1v) is 11.1. The van der Waals surface area contributed by atoms with Gasteiger partial charge in [0.2, 0.25) is 0 Å². The number of carboxylic acid groups (broad SMARTS) is 1. The molecule has 1 fully saturated rings. The zero-order chi connectivity index (χ0) is 22.6. The van der Waals surface area contributed by atoms with E-state index in [9.17, 15) is 19.8 Å². The maximum atomic E-state index is 12.9. The summed E-state index contributed by atoms with van der Waals surface area (Å²) in [4.78, 5) is 26.6. The van der Waals surface area contributed by atoms with Gasteiger partial charge < -0.3 is 15.1 Å². The Kier molecular flexibility index (Phi) is 7.16. The molecule has 0 bridgehead atoms. The molecule has 1 saturated carbocycles. The predicted molar refractivity (Wildman–Crippen MR) is 123 cm³/mol. The predicted octanol–water partition coefficient (Wildman–Crippen LogP) is 5.02. The van der Waals surface area contributed by atoms with Crippen molar-refractivity contribution < 1.29 is 19.8 Å². The maximum Gasteiger partial charge on any atom is 0.336 e. The van der Waals surface area contributed by atoms with E-state index in [-0.39, 0.29) is 23.5 Å². The lowest BCUT2D eigenvalue weighted by Gasteiger charge is -2.42. The summed E-state index contributed by atoms with van der Waals surface area (Å²) in [5, 5.41) is 19.0. The van der Waals surface area contributed by atoms with Gasteiger partial charge in [0.1, 0.15) is 0 Å². The molecule has 0 atom stereocenters. The topological polar surface area (TPSA) is 77.8 Å². The fraction of sp³-hybridized carbons (Fsp3) is 0.462. The highest BCUT2D eigenvalue weighted by Gasteiger charge is 2.32. The van der Waals surface area contributed by atoms with Gasteiger partial charge in [-0.15, -0.1) is 0 Å². The summed E-state index contributed by atoms with van der Waals surface area (Å²) >= 11 is 0. The Hall–Kier alpha value is -2.66. The molecule has 0 aromatic heterocycles. The zero-order valence-electron chi connectivity index (χ0n) is 18.7. The number of hydrogen-bond donors (Lipinski definition) is 2. The van der Waals surface area contributed by atoms with Crippen molar-refractivity contribution in [3.05, 3.63) is 65.2 Å². The number of rotatable bonds is 7. The van der Waals surface area contributed by atoms with Crippen LogP contribution in [0.15, 0.2) is 48.5 Å². The zero-order valence-corrected chi connectivity index (χ0v) is 18.7. The Morgan fingerprint density at radius 2 is 1.52 bits per heavy atom. The van der Waals surface area contributed by atoms with E-state index in [0.29, 0.717) is 29.5 Å². The van der Waals surface area contributed by atoms with Crippen molar-refractivity contribution in [1.29, 1.82) is 0 Å². The molecule has 31 heavy (non-hydrogen) atoms. The maximum absolute atomic E-state index is 12.9. The Balaban J connectivity index is 1.77. The monoisotopic (exact) mass is 423 g/mol. The summed E-state index contributed by atoms with van der Waals surface area (Å²) in [5.74, 6) is -0.696. The van der Waals surface area contributed by atoms with Gasteiger partial charge in [0.05, 0.1) is 12.2 Å². The number of ketones is 1. The van der Waals surface area contributed by atoms with Gasteiger partial charge in [-0.1, -0.05) is 39.0 Å². The van der Waals surface area contributed by atoms with Crippen LogP contribution < -0.4 is 4.90 Å². The fourth-order valence-electron chi connectivity index (χ4n) is 4.71. The number of anilines is 1. The first-order chi connectivity index (χ1) is 14.7. The van der Waals surface area contributed by atoms with Gasteiger partial charge in [0.25, 0.3) is 0 Å². The molecule has 0 radical (unpaired) electrons. The van der Waals surface area contributed by atoms with Gasteiger partial charge in [0, 0.05) is 29.4 Å². The van der Waals surface area contributed by atoms with Gasteiger partial charge in [-0.3, -0.25) is 4.79 Å². The molecule has 166 valence electrons. The third kappa shape index (κ3) is 5.34. The van der Waals surface area contributed by atoms with Crippen molar-refractivity contribution >= 4 is 17.4 Å². The minimum Gasteiger partial charge on any atom is -0.478 e. The second-order valence-corrected chi connectivity index (χ2v) is 9.52. The van der Waals surface area contributed by atoms with E-state index in [2.05, 4.69) is 25.7 Å². The van der Waals surface area contributed by atoms with E-state index in [4.69, 9.17) is 0 Å². The van der Waals surface area contributed by atoms with Crippen LogP contribution in [-0.2, 0) is 0 Å². The molecular formula is C26H33NO4. The van der Waals surface area contributed by atoms with Gasteiger partial charge in [0.15, 0.2) is 5.78 Å². The molecule has 0 spiro atoms. The molecule has 3 rings (SSSR count). The SMILES string of the molecule is CC(C)(C)C1CCC(N(CCO)c2ccc(C(=O)c3ccccc3C(=O)O)cc2)CC1. The van der Waals surface area contributed by atoms with E-state index in [1.807, 2.05) is 12.1 Å². The number of aliphatic hydroxyl groups excluding tert-OH is 1. The first-order valence-electron chi connectivity index (χ1n) is 11.1. The number of carbonyl (C=O) groups is 2. The third-order valence-electron chi connectivity index (χ3n) is 6.57.